The number of carbonyl (C=O) groups excluding carboxylic acids is 1. The molecule has 29 heavy (non-hydrogen) atoms. The number of nitrogens with one attached hydrogen (secondary N) is 2. The molecular weight excluding hydrogens is 402 g/mol. The van der Waals surface area contributed by atoms with Crippen molar-refractivity contribution < 1.29 is 14.6 Å². The predicted molar refractivity (Wildman–Crippen MR) is 104 cm³/mol. The van der Waals surface area contributed by atoms with Gasteiger partial charge in [-0.05, 0) is 32.0 Å². The zero-order valence-corrected chi connectivity index (χ0v) is 16.4. The second-order valence-electron chi connectivity index (χ2n) is 5.86. The Labute approximate surface area is 169 Å². The number of aromatic nitrogens is 5. The molecular formula is C17H16ClN7O4. The Hall–Kier alpha value is -3.73. The third-order valence-electron chi connectivity index (χ3n) is 3.81. The van der Waals surface area contributed by atoms with Crippen LogP contribution in [-0.2, 0) is 0 Å². The zero-order valence-electron chi connectivity index (χ0n) is 15.6. The number of aryl methyl sites for hydroxylation is 2. The summed E-state index contributed by atoms with van der Waals surface area (Å²) in [6, 6.07) is 4.57. The molecule has 0 radical (unpaired) electrons. The number of phenolic OH excluding ortho intramolecular Hbond substituents is 1. The van der Waals surface area contributed by atoms with Crippen LogP contribution in [0.1, 0.15) is 27.4 Å². The van der Waals surface area contributed by atoms with Crippen LogP contribution >= 0.6 is 11.6 Å². The van der Waals surface area contributed by atoms with Crippen molar-refractivity contribution in [2.24, 2.45) is 5.10 Å². The summed E-state index contributed by atoms with van der Waals surface area (Å²) < 4.78 is 6.11. The van der Waals surface area contributed by atoms with Gasteiger partial charge in [0.1, 0.15) is 11.4 Å². The molecule has 12 heteroatoms. The molecule has 2 heterocycles. The van der Waals surface area contributed by atoms with E-state index in [1.54, 1.807) is 13.0 Å². The number of aromatic hydroxyl groups is 1. The monoisotopic (exact) mass is 417 g/mol. The summed E-state index contributed by atoms with van der Waals surface area (Å²) in [5.74, 6) is -0.645. The lowest BCUT2D eigenvalue weighted by atomic mass is 10.2. The largest absolute Gasteiger partial charge is 0.503 e. The lowest BCUT2D eigenvalue weighted by Gasteiger charge is -2.07. The fraction of sp³-hybridized carbons (Fsp3) is 0.176. The minimum atomic E-state index is -0.612. The Balaban J connectivity index is 1.84. The number of benzene rings is 1. The van der Waals surface area contributed by atoms with Gasteiger partial charge in [-0.2, -0.15) is 14.9 Å². The van der Waals surface area contributed by atoms with Crippen LogP contribution in [0.2, 0.25) is 5.02 Å². The Bertz CT molecular complexity index is 1170. The first-order valence-electron chi connectivity index (χ1n) is 8.21. The van der Waals surface area contributed by atoms with E-state index in [1.165, 1.54) is 32.4 Å². The molecule has 0 bridgehead atoms. The second kappa shape index (κ2) is 8.10. The fourth-order valence-electron chi connectivity index (χ4n) is 2.35. The standard InChI is InChI=1S/C17H16ClN7O4/c1-8-6-11(25(24-8)17-20-15(27)9(2)21-23-17)16(28)22-19-7-10-4-5-12(29-3)14(26)13(10)18/h4-7,26H,1-3H3,(H,22,28)(H,20,23,27)/b19-7-. The van der Waals surface area contributed by atoms with Gasteiger partial charge in [-0.1, -0.05) is 11.6 Å². The number of aromatic amines is 1. The number of phenols is 1. The second-order valence-corrected chi connectivity index (χ2v) is 6.24. The van der Waals surface area contributed by atoms with Crippen molar-refractivity contribution in [3.63, 3.8) is 0 Å². The maximum absolute atomic E-state index is 12.5. The van der Waals surface area contributed by atoms with E-state index >= 15 is 0 Å². The molecule has 0 atom stereocenters. The predicted octanol–water partition coefficient (Wildman–Crippen LogP) is 1.10. The number of hydrazone groups is 1. The van der Waals surface area contributed by atoms with Crippen LogP contribution in [0, 0.1) is 13.8 Å². The first kappa shape index (κ1) is 20.0. The van der Waals surface area contributed by atoms with Crippen LogP contribution in [0.5, 0.6) is 11.5 Å². The van der Waals surface area contributed by atoms with Gasteiger partial charge in [0.25, 0.3) is 17.4 Å². The van der Waals surface area contributed by atoms with Crippen molar-refractivity contribution in [2.45, 2.75) is 13.8 Å². The molecule has 0 unspecified atom stereocenters. The van der Waals surface area contributed by atoms with Gasteiger partial charge in [0.05, 0.1) is 24.0 Å². The number of methoxy groups -OCH3 is 1. The number of amides is 1. The lowest BCUT2D eigenvalue weighted by molar-refractivity contribution is 0.0947. The molecule has 0 aliphatic heterocycles. The quantitative estimate of drug-likeness (QED) is 0.416. The van der Waals surface area contributed by atoms with Gasteiger partial charge in [-0.3, -0.25) is 14.6 Å². The molecule has 3 N–H and O–H groups in total. The summed E-state index contributed by atoms with van der Waals surface area (Å²) in [6.45, 7) is 3.19. The van der Waals surface area contributed by atoms with E-state index in [2.05, 4.69) is 30.8 Å². The lowest BCUT2D eigenvalue weighted by Crippen LogP contribution is -2.24. The van der Waals surface area contributed by atoms with Crippen LogP contribution in [0.15, 0.2) is 28.1 Å². The minimum Gasteiger partial charge on any atom is -0.503 e. The van der Waals surface area contributed by atoms with Crippen molar-refractivity contribution in [1.82, 2.24) is 30.4 Å². The average molecular weight is 418 g/mol. The smallest absolute Gasteiger partial charge is 0.290 e. The fourth-order valence-corrected chi connectivity index (χ4v) is 2.55. The van der Waals surface area contributed by atoms with Crippen molar-refractivity contribution in [3.8, 4) is 17.4 Å². The molecule has 2 aromatic heterocycles. The molecule has 0 saturated carbocycles. The van der Waals surface area contributed by atoms with Gasteiger partial charge in [-0.25, -0.2) is 5.43 Å². The van der Waals surface area contributed by atoms with Crippen molar-refractivity contribution in [3.05, 3.63) is 56.2 Å². The van der Waals surface area contributed by atoms with Crippen LogP contribution < -0.4 is 15.7 Å². The summed E-state index contributed by atoms with van der Waals surface area (Å²) in [7, 11) is 1.40. The Kier molecular flexibility index (Phi) is 5.59. The van der Waals surface area contributed by atoms with E-state index in [1.807, 2.05) is 0 Å². The number of hydrogen-bond acceptors (Lipinski definition) is 8. The van der Waals surface area contributed by atoms with Crippen LogP contribution in [0.3, 0.4) is 0 Å². The maximum atomic E-state index is 12.5. The summed E-state index contributed by atoms with van der Waals surface area (Å²) >= 11 is 6.05. The molecule has 150 valence electrons. The number of halogens is 1. The molecule has 0 spiro atoms. The Morgan fingerprint density at radius 3 is 2.83 bits per heavy atom. The number of rotatable bonds is 5. The third kappa shape index (κ3) is 4.09. The van der Waals surface area contributed by atoms with E-state index in [9.17, 15) is 14.7 Å². The topological polar surface area (TPSA) is 147 Å². The molecule has 1 amide bonds. The van der Waals surface area contributed by atoms with Crippen LogP contribution in [0.4, 0.5) is 0 Å². The van der Waals surface area contributed by atoms with Crippen molar-refractivity contribution in [2.75, 3.05) is 7.11 Å². The molecule has 11 nitrogen and oxygen atoms in total. The summed E-state index contributed by atoms with van der Waals surface area (Å²) in [5, 5.41) is 25.5. The molecule has 3 rings (SSSR count). The van der Waals surface area contributed by atoms with E-state index in [-0.39, 0.29) is 33.9 Å². The van der Waals surface area contributed by atoms with Crippen molar-refractivity contribution >= 4 is 23.7 Å². The van der Waals surface area contributed by atoms with Gasteiger partial charge < -0.3 is 9.84 Å². The Morgan fingerprint density at radius 1 is 1.38 bits per heavy atom. The third-order valence-corrected chi connectivity index (χ3v) is 4.21. The van der Waals surface area contributed by atoms with Crippen molar-refractivity contribution in [1.29, 1.82) is 0 Å². The highest BCUT2D eigenvalue weighted by atomic mass is 35.5. The molecule has 0 fully saturated rings. The number of H-pyrrole nitrogens is 1. The van der Waals surface area contributed by atoms with Gasteiger partial charge in [-0.15, -0.1) is 10.2 Å². The minimum absolute atomic E-state index is 0.00838. The highest BCUT2D eigenvalue weighted by molar-refractivity contribution is 6.34. The SMILES string of the molecule is COc1ccc(/C=N\NC(=O)c2cc(C)nn2-c2nnc(C)c(=O)[nH]2)c(Cl)c1O. The van der Waals surface area contributed by atoms with Gasteiger partial charge in [0, 0.05) is 5.56 Å². The Morgan fingerprint density at radius 2 is 2.14 bits per heavy atom. The molecule has 0 saturated heterocycles. The summed E-state index contributed by atoms with van der Waals surface area (Å²) in [6.07, 6.45) is 1.26. The number of carbonyl (C=O) groups is 1. The zero-order chi connectivity index (χ0) is 21.1. The highest BCUT2D eigenvalue weighted by Crippen LogP contribution is 2.35. The van der Waals surface area contributed by atoms with Gasteiger partial charge in [0.15, 0.2) is 11.5 Å². The highest BCUT2D eigenvalue weighted by Gasteiger charge is 2.17. The first-order chi connectivity index (χ1) is 13.8. The first-order valence-corrected chi connectivity index (χ1v) is 8.59. The number of ether oxygens (including phenoxy) is 1. The number of hydrogen-bond donors (Lipinski definition) is 3. The van der Waals surface area contributed by atoms with E-state index in [4.69, 9.17) is 16.3 Å². The molecule has 1 aromatic carbocycles. The molecule has 0 aliphatic carbocycles. The number of nitrogens with zero attached hydrogens (tertiary/aromatic N) is 5. The molecule has 0 aliphatic rings. The van der Waals surface area contributed by atoms with Crippen LogP contribution in [-0.4, -0.2) is 49.3 Å². The van der Waals surface area contributed by atoms with Crippen LogP contribution in [0.25, 0.3) is 5.95 Å². The molecule has 3 aromatic rings. The summed E-state index contributed by atoms with van der Waals surface area (Å²) in [4.78, 5) is 26.8. The normalized spacial score (nSPS) is 11.0. The maximum Gasteiger partial charge on any atom is 0.290 e. The van der Waals surface area contributed by atoms with E-state index in [0.717, 1.165) is 4.68 Å². The van der Waals surface area contributed by atoms with E-state index < -0.39 is 11.5 Å². The van der Waals surface area contributed by atoms with E-state index in [0.29, 0.717) is 11.3 Å². The summed E-state index contributed by atoms with van der Waals surface area (Å²) in [5.41, 5.74) is 3.04. The average Bonchev–Trinajstić information content (AvgIpc) is 3.09. The van der Waals surface area contributed by atoms with Gasteiger partial charge in [0.2, 0.25) is 0 Å². The van der Waals surface area contributed by atoms with Gasteiger partial charge >= 0.3 is 0 Å².